The number of aliphatic hydroxyl groups excluding tert-OH is 1. The number of phosphoric acid groups is 2. The zero-order valence-corrected chi connectivity index (χ0v) is 59.2. The highest BCUT2D eigenvalue weighted by atomic mass is 31.2. The average Bonchev–Trinajstić information content (AvgIpc) is 3.54. The molecule has 0 bridgehead atoms. The largest absolute Gasteiger partial charge is 0.472 e. The zero-order valence-electron chi connectivity index (χ0n) is 57.4. The van der Waals surface area contributed by atoms with Gasteiger partial charge in [-0.3, -0.25) is 37.3 Å². The SMILES string of the molecule is CCCCCCCCCCCCCCCCCCCCCC(=O)O[C@H](COC(=O)CCCCCCCCCCCCCCCCCCC)COP(=O)(O)OC[C@@H](O)COP(=O)(O)OC[C@@H](COC(=O)CCCCCCC)OC(=O)CCCCCCCCCC. The molecule has 0 saturated carbocycles. The highest BCUT2D eigenvalue weighted by molar-refractivity contribution is 7.47. The maximum Gasteiger partial charge on any atom is 0.472 e. The Morgan fingerprint density at radius 3 is 0.663 bits per heavy atom. The smallest absolute Gasteiger partial charge is 0.462 e. The van der Waals surface area contributed by atoms with Crippen molar-refractivity contribution in [3.63, 3.8) is 0 Å². The van der Waals surface area contributed by atoms with E-state index in [1.807, 2.05) is 0 Å². The molecule has 0 fully saturated rings. The Balaban J connectivity index is 5.11. The first kappa shape index (κ1) is 87.1. The van der Waals surface area contributed by atoms with E-state index in [1.54, 1.807) is 0 Å². The molecule has 89 heavy (non-hydrogen) atoms. The molecule has 0 heterocycles. The molecule has 0 rings (SSSR count). The standard InChI is InChI=1S/C70H136O17P2/c1-5-9-13-17-20-23-25-27-29-31-32-34-36-38-40-42-45-49-53-57-70(75)87-66(61-81-68(73)55-51-47-44-41-39-37-35-33-30-28-26-24-21-18-14-10-6-2)63-85-89(78,79)83-59-64(71)58-82-88(76,77)84-62-65(60-80-67(72)54-50-46-16-12-8-4)86-69(74)56-52-48-43-22-19-15-11-7-3/h64-66,71H,5-63H2,1-4H3,(H,76,77)(H,78,79)/t64-,65+,66+/m0/s1. The van der Waals surface area contributed by atoms with Crippen molar-refractivity contribution in [3.05, 3.63) is 0 Å². The summed E-state index contributed by atoms with van der Waals surface area (Å²) in [6.07, 6.45) is 53.3. The van der Waals surface area contributed by atoms with Crippen LogP contribution in [0.25, 0.3) is 0 Å². The number of carbonyl (C=O) groups is 4. The van der Waals surface area contributed by atoms with E-state index in [-0.39, 0.29) is 25.7 Å². The predicted molar refractivity (Wildman–Crippen MR) is 359 cm³/mol. The second-order valence-corrected chi connectivity index (χ2v) is 28.2. The van der Waals surface area contributed by atoms with E-state index in [1.165, 1.54) is 186 Å². The summed E-state index contributed by atoms with van der Waals surface area (Å²) >= 11 is 0. The van der Waals surface area contributed by atoms with E-state index in [0.717, 1.165) is 103 Å². The van der Waals surface area contributed by atoms with Crippen LogP contribution in [0.1, 0.15) is 368 Å². The molecule has 0 amide bonds. The molecular formula is C70H136O17P2. The predicted octanol–water partition coefficient (Wildman–Crippen LogP) is 20.3. The number of aliphatic hydroxyl groups is 1. The number of carbonyl (C=O) groups excluding carboxylic acids is 4. The van der Waals surface area contributed by atoms with Crippen molar-refractivity contribution in [2.24, 2.45) is 0 Å². The van der Waals surface area contributed by atoms with Gasteiger partial charge in [-0.15, -0.1) is 0 Å². The highest BCUT2D eigenvalue weighted by Gasteiger charge is 2.30. The fraction of sp³-hybridized carbons (Fsp3) is 0.943. The van der Waals surface area contributed by atoms with Crippen molar-refractivity contribution in [1.29, 1.82) is 0 Å². The van der Waals surface area contributed by atoms with Gasteiger partial charge in [0.25, 0.3) is 0 Å². The first-order valence-corrected chi connectivity index (χ1v) is 39.8. The van der Waals surface area contributed by atoms with Gasteiger partial charge in [0.2, 0.25) is 0 Å². The molecule has 3 N–H and O–H groups in total. The third-order valence-electron chi connectivity index (χ3n) is 16.4. The Morgan fingerprint density at radius 1 is 0.270 bits per heavy atom. The summed E-state index contributed by atoms with van der Waals surface area (Å²) in [6, 6.07) is 0. The molecule has 0 aliphatic rings. The lowest BCUT2D eigenvalue weighted by Gasteiger charge is -2.21. The quantitative estimate of drug-likeness (QED) is 0.0222. The van der Waals surface area contributed by atoms with Crippen LogP contribution in [0.3, 0.4) is 0 Å². The summed E-state index contributed by atoms with van der Waals surface area (Å²) in [6.45, 7) is 4.83. The lowest BCUT2D eigenvalue weighted by molar-refractivity contribution is -0.161. The third kappa shape index (κ3) is 64.6. The van der Waals surface area contributed by atoms with Crippen LogP contribution in [0.2, 0.25) is 0 Å². The molecule has 0 aliphatic carbocycles. The lowest BCUT2D eigenvalue weighted by atomic mass is 10.0. The second kappa shape index (κ2) is 64.8. The van der Waals surface area contributed by atoms with Crippen molar-refractivity contribution in [2.45, 2.75) is 386 Å². The molecule has 0 aromatic carbocycles. The molecule has 0 aliphatic heterocycles. The van der Waals surface area contributed by atoms with Gasteiger partial charge in [0, 0.05) is 25.7 Å². The van der Waals surface area contributed by atoms with Gasteiger partial charge in [-0.05, 0) is 25.7 Å². The number of rotatable bonds is 71. The summed E-state index contributed by atoms with van der Waals surface area (Å²) in [5.74, 6) is -2.14. The maximum absolute atomic E-state index is 13.0. The normalized spacial score (nSPS) is 14.0. The summed E-state index contributed by atoms with van der Waals surface area (Å²) < 4.78 is 68.0. The number of phosphoric ester groups is 2. The Labute approximate surface area is 543 Å². The van der Waals surface area contributed by atoms with Gasteiger partial charge in [0.15, 0.2) is 12.2 Å². The molecule has 0 aromatic heterocycles. The van der Waals surface area contributed by atoms with E-state index >= 15 is 0 Å². The molecule has 0 aromatic rings. The molecule has 0 spiro atoms. The average molecular weight is 1310 g/mol. The maximum atomic E-state index is 13.0. The van der Waals surface area contributed by atoms with Crippen LogP contribution in [-0.4, -0.2) is 96.7 Å². The Kier molecular flexibility index (Phi) is 63.3. The van der Waals surface area contributed by atoms with E-state index in [2.05, 4.69) is 27.7 Å². The van der Waals surface area contributed by atoms with Crippen LogP contribution in [0, 0.1) is 0 Å². The summed E-state index contributed by atoms with van der Waals surface area (Å²) in [5.41, 5.74) is 0. The number of ether oxygens (including phenoxy) is 4. The van der Waals surface area contributed by atoms with Gasteiger partial charge in [0.05, 0.1) is 26.4 Å². The third-order valence-corrected chi connectivity index (χ3v) is 18.3. The molecule has 0 saturated heterocycles. The van der Waals surface area contributed by atoms with Crippen molar-refractivity contribution >= 4 is 39.5 Å². The number of hydrogen-bond donors (Lipinski definition) is 3. The van der Waals surface area contributed by atoms with Gasteiger partial charge in [-0.2, -0.15) is 0 Å². The minimum Gasteiger partial charge on any atom is -0.462 e. The van der Waals surface area contributed by atoms with Crippen LogP contribution < -0.4 is 0 Å². The number of hydrogen-bond acceptors (Lipinski definition) is 15. The first-order valence-electron chi connectivity index (χ1n) is 36.8. The number of unbranched alkanes of at least 4 members (excludes halogenated alkanes) is 45. The van der Waals surface area contributed by atoms with Gasteiger partial charge < -0.3 is 33.8 Å². The molecule has 17 nitrogen and oxygen atoms in total. The fourth-order valence-corrected chi connectivity index (χ4v) is 12.3. The fourth-order valence-electron chi connectivity index (χ4n) is 10.7. The van der Waals surface area contributed by atoms with Gasteiger partial charge >= 0.3 is 39.5 Å². The minimum atomic E-state index is -4.95. The number of esters is 4. The van der Waals surface area contributed by atoms with Crippen molar-refractivity contribution in [3.8, 4) is 0 Å². The van der Waals surface area contributed by atoms with Crippen LogP contribution in [0.4, 0.5) is 0 Å². The monoisotopic (exact) mass is 1310 g/mol. The molecule has 5 atom stereocenters. The van der Waals surface area contributed by atoms with E-state index in [9.17, 15) is 43.2 Å². The minimum absolute atomic E-state index is 0.104. The Morgan fingerprint density at radius 2 is 0.449 bits per heavy atom. The van der Waals surface area contributed by atoms with Crippen molar-refractivity contribution < 1.29 is 80.2 Å². The van der Waals surface area contributed by atoms with Gasteiger partial charge in [-0.1, -0.05) is 317 Å². The molecular weight excluding hydrogens is 1170 g/mol. The topological polar surface area (TPSA) is 237 Å². The van der Waals surface area contributed by atoms with E-state index in [4.69, 9.17) is 37.0 Å². The summed E-state index contributed by atoms with van der Waals surface area (Å²) in [5, 5.41) is 10.5. The molecule has 2 unspecified atom stereocenters. The van der Waals surface area contributed by atoms with Crippen molar-refractivity contribution in [2.75, 3.05) is 39.6 Å². The van der Waals surface area contributed by atoms with Crippen molar-refractivity contribution in [1.82, 2.24) is 0 Å². The summed E-state index contributed by atoms with van der Waals surface area (Å²) in [4.78, 5) is 72.1. The van der Waals surface area contributed by atoms with E-state index < -0.39 is 97.5 Å². The zero-order chi connectivity index (χ0) is 65.4. The van der Waals surface area contributed by atoms with Crippen LogP contribution in [0.5, 0.6) is 0 Å². The second-order valence-electron chi connectivity index (χ2n) is 25.3. The highest BCUT2D eigenvalue weighted by Crippen LogP contribution is 2.45. The van der Waals surface area contributed by atoms with E-state index in [0.29, 0.717) is 25.7 Å². The molecule has 19 heteroatoms. The Hall–Kier alpha value is -1.94. The van der Waals surface area contributed by atoms with Crippen LogP contribution in [0.15, 0.2) is 0 Å². The Bertz CT molecular complexity index is 1710. The van der Waals surface area contributed by atoms with Gasteiger partial charge in [0.1, 0.15) is 19.3 Å². The molecule has 528 valence electrons. The first-order chi connectivity index (χ1) is 43.2. The van der Waals surface area contributed by atoms with Crippen LogP contribution in [-0.2, 0) is 65.4 Å². The van der Waals surface area contributed by atoms with Crippen LogP contribution >= 0.6 is 15.6 Å². The summed E-state index contributed by atoms with van der Waals surface area (Å²) in [7, 11) is -9.88. The molecule has 0 radical (unpaired) electrons. The lowest BCUT2D eigenvalue weighted by Crippen LogP contribution is -2.30. The van der Waals surface area contributed by atoms with Gasteiger partial charge in [-0.25, -0.2) is 9.13 Å².